The van der Waals surface area contributed by atoms with Crippen molar-refractivity contribution in [3.05, 3.63) is 74.2 Å². The number of fused-ring (bicyclic) bond motifs is 11. The first kappa shape index (κ1) is 137. The maximum atomic E-state index is 11.2. The Balaban J connectivity index is 0.000000405. The summed E-state index contributed by atoms with van der Waals surface area (Å²) < 4.78 is 30.9. The number of ether oxygens (including phenoxy) is 5. The third kappa shape index (κ3) is 42.5. The second-order valence-corrected chi connectivity index (χ2v) is 50.0. The van der Waals surface area contributed by atoms with Crippen molar-refractivity contribution in [2.24, 2.45) is 116 Å². The number of carbonyl (C=O) groups excluding carboxylic acids is 3. The fourth-order valence-corrected chi connectivity index (χ4v) is 29.0. The van der Waals surface area contributed by atoms with Gasteiger partial charge in [-0.3, -0.25) is 19.4 Å². The fourth-order valence-electron chi connectivity index (χ4n) is 29.0. The molecule has 1 aromatic carbocycles. The molecule has 6 unspecified atom stereocenters. The van der Waals surface area contributed by atoms with Crippen LogP contribution >= 0.6 is 0 Å². The Labute approximate surface area is 936 Å². The molecule has 12 aliphatic rings. The molecule has 12 N–H and O–H groups in total. The number of nitrogens with zero attached hydrogens (tertiary/aromatic N) is 2. The molecule has 1 heterocycles. The van der Waals surface area contributed by atoms with Gasteiger partial charge in [0.2, 0.25) is 0 Å². The molecule has 25 atom stereocenters. The summed E-state index contributed by atoms with van der Waals surface area (Å²) in [4.78, 5) is 57.3. The summed E-state index contributed by atoms with van der Waals surface area (Å²) in [6.07, 6.45) is 61.4. The monoisotopic (exact) mass is 2600 g/mol. The van der Waals surface area contributed by atoms with Gasteiger partial charge in [0.05, 0.1) is 63.7 Å². The number of hydrogen-bond donors (Lipinski definition) is 4. The predicted octanol–water partition coefficient (Wildman–Crippen LogP) is 25.2. The fraction of sp³-hybridized carbons (Fsp3) is 0.875. The molecule has 0 aromatic heterocycles. The van der Waals surface area contributed by atoms with E-state index in [1.54, 1.807) is 11.1 Å². The molecule has 0 spiro atoms. The van der Waals surface area contributed by atoms with Gasteiger partial charge in [-0.1, -0.05) is 282 Å². The van der Waals surface area contributed by atoms with Gasteiger partial charge in [0, 0.05) is 106 Å². The zero-order valence-electron chi connectivity index (χ0n) is 94.2. The molecule has 9 saturated carbocycles. The third-order valence-corrected chi connectivity index (χ3v) is 37.8. The first-order valence-corrected chi connectivity index (χ1v) is 57.9. The second-order valence-electron chi connectivity index (χ2n) is 50.0. The average molecular weight is 2610 g/mol. The van der Waals surface area contributed by atoms with Crippen molar-refractivity contribution >= 4 is 29.8 Å². The van der Waals surface area contributed by atoms with Crippen LogP contribution in [0.2, 0.25) is 0 Å². The third-order valence-electron chi connectivity index (χ3n) is 37.8. The summed E-state index contributed by atoms with van der Waals surface area (Å²) in [6.45, 7) is 44.6. The topological polar surface area (TPSA) is 405 Å². The van der Waals surface area contributed by atoms with Crippen LogP contribution in [-0.4, -0.2) is 194 Å². The first-order chi connectivity index (χ1) is 67.7. The van der Waals surface area contributed by atoms with Crippen LogP contribution in [0.3, 0.4) is 0 Å². The van der Waals surface area contributed by atoms with Crippen molar-refractivity contribution < 1.29 is 136 Å². The van der Waals surface area contributed by atoms with E-state index in [0.717, 1.165) is 200 Å². The molecule has 24 nitrogen and oxygen atoms in total. The van der Waals surface area contributed by atoms with E-state index in [4.69, 9.17) is 73.4 Å². The zero-order chi connectivity index (χ0) is 105. The number of rotatable bonds is 47. The number of aliphatic carboxylic acids is 4. The van der Waals surface area contributed by atoms with Gasteiger partial charge in [0.15, 0.2) is 6.54 Å². The van der Waals surface area contributed by atoms with Crippen LogP contribution in [0.1, 0.15) is 416 Å². The predicted molar refractivity (Wildman–Crippen MR) is 585 cm³/mol. The molecule has 0 saturated heterocycles. The largest absolute Gasteiger partial charge is 0.676 e. The molecule has 0 amide bonds. The Morgan fingerprint density at radius 2 is 0.905 bits per heavy atom. The van der Waals surface area contributed by atoms with Crippen molar-refractivity contribution in [3.8, 4) is 11.5 Å². The number of benzene rings is 1. The van der Waals surface area contributed by atoms with E-state index in [2.05, 4.69) is 135 Å². The minimum Gasteiger partial charge on any atom is -0.676 e. The van der Waals surface area contributed by atoms with Gasteiger partial charge in [-0.15, -0.1) is 6.04 Å². The van der Waals surface area contributed by atoms with Crippen LogP contribution < -0.4 is 30.7 Å². The van der Waals surface area contributed by atoms with Gasteiger partial charge >= 0.3 is 17.9 Å². The van der Waals surface area contributed by atoms with Gasteiger partial charge in [-0.2, -0.15) is 24.2 Å². The van der Waals surface area contributed by atoms with Crippen LogP contribution in [0.25, 0.3) is 28.7 Å². The van der Waals surface area contributed by atoms with E-state index in [0.29, 0.717) is 54.1 Å². The molecule has 1 aromatic rings. The smallest absolute Gasteiger partial charge is 0.530 e. The molecule has 1 aliphatic heterocycles. The van der Waals surface area contributed by atoms with Crippen molar-refractivity contribution in [1.29, 1.82) is 0 Å². The number of nitrogens with one attached hydrogen (secondary N) is 6. The molecule has 862 valence electrons. The summed E-state index contributed by atoms with van der Waals surface area (Å²) in [5, 5.41) is 49.7. The Hall–Kier alpha value is -2.77. The van der Waals surface area contributed by atoms with Crippen LogP contribution in [0.4, 0.5) is 0 Å². The van der Waals surface area contributed by atoms with Crippen LogP contribution in [-0.2, 0) is 108 Å². The number of nitrogens with two attached hydrogens (primary N) is 1. The van der Waals surface area contributed by atoms with Crippen LogP contribution in [0, 0.1) is 131 Å². The van der Waals surface area contributed by atoms with E-state index < -0.39 is 42.9 Å². The molecule has 0 bridgehead atoms. The van der Waals surface area contributed by atoms with Crippen molar-refractivity contribution in [3.63, 3.8) is 0 Å². The van der Waals surface area contributed by atoms with Crippen molar-refractivity contribution in [2.45, 2.75) is 475 Å². The quantitative estimate of drug-likeness (QED) is 0.0267. The van der Waals surface area contributed by atoms with Gasteiger partial charge in [-0.05, 0) is 296 Å². The molecule has 0 radical (unpaired) electrons. The van der Waals surface area contributed by atoms with Crippen LogP contribution in [0.15, 0.2) is 23.3 Å². The zero-order valence-corrected chi connectivity index (χ0v) is 101. The Kier molecular flexibility index (Phi) is 62.7. The molecule has 147 heavy (non-hydrogen) atoms. The summed E-state index contributed by atoms with van der Waals surface area (Å²) in [6, 6.07) is -0.118. The van der Waals surface area contributed by atoms with Crippen molar-refractivity contribution in [2.75, 3.05) is 85.4 Å². The number of allylic oxidation sites excluding steroid dienone is 2. The van der Waals surface area contributed by atoms with Gasteiger partial charge in [-0.25, -0.2) is 0 Å². The van der Waals surface area contributed by atoms with E-state index in [-0.39, 0.29) is 165 Å². The van der Waals surface area contributed by atoms with E-state index in [1.807, 2.05) is 6.92 Å². The second kappa shape index (κ2) is 67.5. The molecular formula is C120H211N9O15Pt3-6. The number of carboxylic acid groups (broad SMARTS) is 4. The minimum atomic E-state index is -1.29. The molecule has 11 aliphatic carbocycles. The number of carboxylic acids is 4. The Morgan fingerprint density at radius 1 is 0.483 bits per heavy atom. The summed E-state index contributed by atoms with van der Waals surface area (Å²) >= 11 is 0. The molecule has 27 heteroatoms. The van der Waals surface area contributed by atoms with E-state index >= 15 is 0 Å². The first-order valence-electron chi connectivity index (χ1n) is 57.9. The number of carbonyl (C=O) groups is 5. The van der Waals surface area contributed by atoms with E-state index in [9.17, 15) is 34.2 Å². The maximum absolute atomic E-state index is 11.2. The summed E-state index contributed by atoms with van der Waals surface area (Å²) in [5.41, 5.74) is 51.4. The van der Waals surface area contributed by atoms with Gasteiger partial charge in [0.25, 0.3) is 0 Å². The average Bonchev–Trinajstić information content (AvgIpc) is 1.65. The normalized spacial score (nSPS) is 31.0. The molecular weight excluding hydrogens is 2390 g/mol. The Bertz CT molecular complexity index is 3930. The maximum Gasteiger partial charge on any atom is 0.530 e. The van der Waals surface area contributed by atoms with Gasteiger partial charge in [0.1, 0.15) is 23.7 Å². The summed E-state index contributed by atoms with van der Waals surface area (Å²) in [7, 11) is 0. The van der Waals surface area contributed by atoms with Crippen molar-refractivity contribution in [1.82, 2.24) is 15.1 Å². The summed E-state index contributed by atoms with van der Waals surface area (Å²) in [5.74, 6) is 9.32. The minimum absolute atomic E-state index is 0. The standard InChI is InChI=1S/2C35H59NO6.C31H53NO3.C6H13N2.2C6H12N2.CH4.3Pt/c1-24(2)7-6-8-25(3)29-11-12-30-28-10-9-26-21-27(13-15-34(26,4)31(28)14-16-35(29,30)5)42-20-19-41-18-17-36(22-32(37)38)23-33(39)40;1-24(2)12-9-13-25(3)14-10-15-26(4)16-11-18-35(8)19-17-30-29(7)33(27(5)28(6)34(30)42-35)41-21-20-36(22-31(37)38)23-32(39)40;1-21(2)7-6-8-22(3)26-11-12-27-25-10-9-23-19-24(35-18-17-32-20-29(33)34)13-15-30(23,4)28(25)14-16-31(26,27)5;3*7-5-3-1-2-4-6(5)8;;;;/h9,24-25,27-31H,6-8,10-23H2,1-5H3,(H,37,38)(H,39,40);24-26H,9-23H2,1-8H3,(H,37,38)(H,39,40);9,21-22,24-28,32H,6-8,10-20H2,1-5H3,(H,33,34);5-7H,1-4,8H2;2*5-8H,1-4H2;1H4;;;/q;;;-1;2*-2;;;;/p-1/t25-,27+,28?,29-,30?,31?,34+,35-;25-,26-,35-;22-,24+,25?,26-,27?,28?,30+,31-;3*5-,6-;;;;/m111111..../s1. The molecule has 9 fully saturated rings. The SMILES string of the molecule is C.CC(C)CCC[C@@H](C)[C@H]1CCC2C3CC=C4C[C@@H](OCCNCC(=O)O)CC[C@]4(C)C3CC[C@@]21C.CC(C)CCC[C@@H](C)[C@H]1CCC2C3CC=C4C[C@@H](OCCOCCN(CC(=O)[O-])CC(=O)O)CC[C@]4(C)C3CC[C@@]21C.Cc1c(C)c2c(c(C)c1OCCN(CC(=O)[O-])CC(=O)[OH2+])CC[C@@](C)(CCC[C@H](C)CCC[C@H](C)CCCC(C)C)O2.[NH-][C@@H]1CCCC[C@H]1N.[NH-][C@@H]1CCCC[C@H]1[NH-].[NH-][C@@H]1CCCC[C@H]1[NH-].[Pt].[Pt].[Pt]. The van der Waals surface area contributed by atoms with Gasteiger partial charge < -0.3 is 98.5 Å². The molecule has 13 rings (SSSR count). The Morgan fingerprint density at radius 3 is 1.32 bits per heavy atom. The van der Waals surface area contributed by atoms with Crippen LogP contribution in [0.5, 0.6) is 11.5 Å². The van der Waals surface area contributed by atoms with E-state index in [1.165, 1.54) is 221 Å². The number of hydrogen-bond acceptors (Lipinski definition) is 16.